The Hall–Kier alpha value is -1.74. The molecular formula is C13H14ClNO2. The fourth-order valence-corrected chi connectivity index (χ4v) is 1.56. The van der Waals surface area contributed by atoms with E-state index < -0.39 is 0 Å². The summed E-state index contributed by atoms with van der Waals surface area (Å²) in [6.07, 6.45) is 3.28. The van der Waals surface area contributed by atoms with E-state index in [4.69, 9.17) is 11.6 Å². The summed E-state index contributed by atoms with van der Waals surface area (Å²) in [5, 5.41) is 9.44. The Balaban J connectivity index is 2.95. The molecule has 0 fully saturated rings. The van der Waals surface area contributed by atoms with Crippen LogP contribution in [-0.4, -0.2) is 29.0 Å². The number of amides is 1. The molecule has 0 unspecified atom stereocenters. The maximum absolute atomic E-state index is 12.1. The fourth-order valence-electron chi connectivity index (χ4n) is 1.37. The number of hydrogen-bond donors (Lipinski definition) is 1. The first-order valence-corrected chi connectivity index (χ1v) is 5.47. The average Bonchev–Trinajstić information content (AvgIpc) is 2.31. The van der Waals surface area contributed by atoms with Crippen molar-refractivity contribution in [3.05, 3.63) is 54.1 Å². The quantitative estimate of drug-likeness (QED) is 0.818. The van der Waals surface area contributed by atoms with E-state index in [2.05, 4.69) is 13.2 Å². The number of nitrogens with zero attached hydrogens (tertiary/aromatic N) is 1. The molecule has 3 nitrogen and oxygen atoms in total. The minimum absolute atomic E-state index is 0.0396. The van der Waals surface area contributed by atoms with Gasteiger partial charge in [-0.25, -0.2) is 0 Å². The van der Waals surface area contributed by atoms with Crippen molar-refractivity contribution in [2.75, 3.05) is 13.1 Å². The Bertz CT molecular complexity index is 433. The first-order valence-electron chi connectivity index (χ1n) is 5.09. The predicted octanol–water partition coefficient (Wildman–Crippen LogP) is 2.86. The predicted molar refractivity (Wildman–Crippen MR) is 69.4 cm³/mol. The third-order valence-corrected chi connectivity index (χ3v) is 2.48. The molecule has 1 amide bonds. The van der Waals surface area contributed by atoms with Crippen LogP contribution >= 0.6 is 11.6 Å². The van der Waals surface area contributed by atoms with Crippen molar-refractivity contribution in [3.63, 3.8) is 0 Å². The lowest BCUT2D eigenvalue weighted by Crippen LogP contribution is -2.31. The summed E-state index contributed by atoms with van der Waals surface area (Å²) in [6, 6.07) is 4.37. The molecule has 0 radical (unpaired) electrons. The zero-order valence-electron chi connectivity index (χ0n) is 9.40. The highest BCUT2D eigenvalue weighted by Crippen LogP contribution is 2.24. The Kier molecular flexibility index (Phi) is 4.79. The first kappa shape index (κ1) is 13.3. The lowest BCUT2D eigenvalue weighted by molar-refractivity contribution is 0.0791. The van der Waals surface area contributed by atoms with Gasteiger partial charge in [0.2, 0.25) is 0 Å². The van der Waals surface area contributed by atoms with E-state index >= 15 is 0 Å². The Labute approximate surface area is 106 Å². The summed E-state index contributed by atoms with van der Waals surface area (Å²) in [5.74, 6) is -0.214. The molecule has 0 atom stereocenters. The van der Waals surface area contributed by atoms with Crippen LogP contribution in [0.1, 0.15) is 10.4 Å². The molecule has 0 aliphatic rings. The van der Waals surface area contributed by atoms with Crippen LogP contribution in [0, 0.1) is 0 Å². The molecule has 0 bridgehead atoms. The van der Waals surface area contributed by atoms with Crippen molar-refractivity contribution in [2.45, 2.75) is 0 Å². The molecule has 0 aliphatic heterocycles. The summed E-state index contributed by atoms with van der Waals surface area (Å²) in [7, 11) is 0. The molecular weight excluding hydrogens is 238 g/mol. The molecule has 0 spiro atoms. The number of phenolic OH excluding ortho intramolecular Hbond substituents is 1. The van der Waals surface area contributed by atoms with Gasteiger partial charge in [0.1, 0.15) is 5.75 Å². The smallest absolute Gasteiger partial charge is 0.254 e. The van der Waals surface area contributed by atoms with Crippen molar-refractivity contribution in [1.82, 2.24) is 4.90 Å². The molecule has 4 heteroatoms. The SMILES string of the molecule is C=CCN(CC=C)C(=O)c1ccc(O)c(Cl)c1. The normalized spacial score (nSPS) is 9.71. The van der Waals surface area contributed by atoms with Gasteiger partial charge in [-0.2, -0.15) is 0 Å². The largest absolute Gasteiger partial charge is 0.506 e. The number of rotatable bonds is 5. The molecule has 0 saturated carbocycles. The fraction of sp³-hybridized carbons (Fsp3) is 0.154. The van der Waals surface area contributed by atoms with E-state index in [0.717, 1.165) is 0 Å². The Morgan fingerprint density at radius 1 is 1.35 bits per heavy atom. The summed E-state index contributed by atoms with van der Waals surface area (Å²) in [5.41, 5.74) is 0.427. The second kappa shape index (κ2) is 6.11. The molecule has 0 aliphatic carbocycles. The summed E-state index contributed by atoms with van der Waals surface area (Å²) in [4.78, 5) is 13.7. The van der Waals surface area contributed by atoms with Gasteiger partial charge in [-0.15, -0.1) is 13.2 Å². The molecule has 17 heavy (non-hydrogen) atoms. The highest BCUT2D eigenvalue weighted by Gasteiger charge is 2.14. The highest BCUT2D eigenvalue weighted by molar-refractivity contribution is 6.32. The number of halogens is 1. The molecule has 1 rings (SSSR count). The standard InChI is InChI=1S/C13H14ClNO2/c1-3-7-15(8-4-2)13(17)10-5-6-12(16)11(14)9-10/h3-6,9,16H,1-2,7-8H2. The minimum Gasteiger partial charge on any atom is -0.506 e. The van der Waals surface area contributed by atoms with E-state index in [1.807, 2.05) is 0 Å². The van der Waals surface area contributed by atoms with Gasteiger partial charge in [-0.1, -0.05) is 23.8 Å². The maximum atomic E-state index is 12.1. The average molecular weight is 252 g/mol. The third kappa shape index (κ3) is 3.36. The lowest BCUT2D eigenvalue weighted by Gasteiger charge is -2.19. The number of carbonyl (C=O) groups is 1. The summed E-state index contributed by atoms with van der Waals surface area (Å²) >= 11 is 5.76. The molecule has 1 N–H and O–H groups in total. The van der Waals surface area contributed by atoms with Gasteiger partial charge in [0, 0.05) is 18.7 Å². The van der Waals surface area contributed by atoms with Crippen LogP contribution in [0.3, 0.4) is 0 Å². The van der Waals surface area contributed by atoms with Crippen molar-refractivity contribution < 1.29 is 9.90 Å². The number of phenols is 1. The summed E-state index contributed by atoms with van der Waals surface area (Å²) < 4.78 is 0. The van der Waals surface area contributed by atoms with Crippen LogP contribution in [0.2, 0.25) is 5.02 Å². The monoisotopic (exact) mass is 251 g/mol. The number of carbonyl (C=O) groups excluding carboxylic acids is 1. The van der Waals surface area contributed by atoms with Crippen molar-refractivity contribution in [2.24, 2.45) is 0 Å². The second-order valence-corrected chi connectivity index (χ2v) is 3.86. The maximum Gasteiger partial charge on any atom is 0.254 e. The number of aromatic hydroxyl groups is 1. The van der Waals surface area contributed by atoms with Crippen LogP contribution in [0.15, 0.2) is 43.5 Å². The van der Waals surface area contributed by atoms with Gasteiger partial charge >= 0.3 is 0 Å². The van der Waals surface area contributed by atoms with Crippen molar-refractivity contribution >= 4 is 17.5 Å². The van der Waals surface area contributed by atoms with Gasteiger partial charge in [0.15, 0.2) is 0 Å². The van der Waals surface area contributed by atoms with Gasteiger partial charge in [-0.3, -0.25) is 4.79 Å². The van der Waals surface area contributed by atoms with Gasteiger partial charge in [0.05, 0.1) is 5.02 Å². The Morgan fingerprint density at radius 2 is 1.94 bits per heavy atom. The number of hydrogen-bond acceptors (Lipinski definition) is 2. The van der Waals surface area contributed by atoms with E-state index in [1.165, 1.54) is 18.2 Å². The van der Waals surface area contributed by atoms with E-state index in [1.54, 1.807) is 17.1 Å². The van der Waals surface area contributed by atoms with Crippen LogP contribution in [0.4, 0.5) is 0 Å². The van der Waals surface area contributed by atoms with Crippen molar-refractivity contribution in [3.8, 4) is 5.75 Å². The third-order valence-electron chi connectivity index (χ3n) is 2.18. The van der Waals surface area contributed by atoms with Gasteiger partial charge < -0.3 is 10.0 Å². The molecule has 0 saturated heterocycles. The summed E-state index contributed by atoms with van der Waals surface area (Å²) in [6.45, 7) is 8.06. The lowest BCUT2D eigenvalue weighted by atomic mass is 10.2. The van der Waals surface area contributed by atoms with Crippen LogP contribution < -0.4 is 0 Å². The second-order valence-electron chi connectivity index (χ2n) is 3.45. The topological polar surface area (TPSA) is 40.5 Å². The van der Waals surface area contributed by atoms with Crippen LogP contribution in [0.25, 0.3) is 0 Å². The zero-order chi connectivity index (χ0) is 12.8. The van der Waals surface area contributed by atoms with Crippen LogP contribution in [0.5, 0.6) is 5.75 Å². The van der Waals surface area contributed by atoms with E-state index in [-0.39, 0.29) is 16.7 Å². The number of benzene rings is 1. The molecule has 0 aromatic heterocycles. The molecule has 90 valence electrons. The molecule has 1 aromatic carbocycles. The van der Waals surface area contributed by atoms with Crippen LogP contribution in [-0.2, 0) is 0 Å². The van der Waals surface area contributed by atoms with E-state index in [0.29, 0.717) is 18.7 Å². The molecule has 1 aromatic rings. The first-order chi connectivity index (χ1) is 8.10. The minimum atomic E-state index is -0.174. The van der Waals surface area contributed by atoms with Crippen molar-refractivity contribution in [1.29, 1.82) is 0 Å². The van der Waals surface area contributed by atoms with Gasteiger partial charge in [-0.05, 0) is 18.2 Å². The highest BCUT2D eigenvalue weighted by atomic mass is 35.5. The van der Waals surface area contributed by atoms with E-state index in [9.17, 15) is 9.90 Å². The van der Waals surface area contributed by atoms with Gasteiger partial charge in [0.25, 0.3) is 5.91 Å². The Morgan fingerprint density at radius 3 is 2.41 bits per heavy atom. The zero-order valence-corrected chi connectivity index (χ0v) is 10.2. The molecule has 0 heterocycles.